The normalized spacial score (nSPS) is 26.7. The molecular weight excluding hydrogens is 216 g/mol. The summed E-state index contributed by atoms with van der Waals surface area (Å²) in [6.45, 7) is 5.54. The fourth-order valence-electron chi connectivity index (χ4n) is 2.32. The minimum Gasteiger partial charge on any atom is -0.376 e. The van der Waals surface area contributed by atoms with E-state index in [2.05, 4.69) is 19.2 Å². The van der Waals surface area contributed by atoms with Gasteiger partial charge in [-0.05, 0) is 31.7 Å². The third-order valence-electron chi connectivity index (χ3n) is 3.37. The van der Waals surface area contributed by atoms with Crippen molar-refractivity contribution >= 4 is 5.91 Å². The number of nitrogens with one attached hydrogen (secondary N) is 1. The van der Waals surface area contributed by atoms with Crippen LogP contribution in [-0.4, -0.2) is 31.2 Å². The zero-order valence-corrected chi connectivity index (χ0v) is 11.1. The van der Waals surface area contributed by atoms with E-state index < -0.39 is 0 Å². The van der Waals surface area contributed by atoms with Crippen LogP contribution in [0.25, 0.3) is 0 Å². The van der Waals surface area contributed by atoms with E-state index in [0.29, 0.717) is 12.7 Å². The van der Waals surface area contributed by atoms with Gasteiger partial charge in [-0.2, -0.15) is 0 Å². The predicted octanol–water partition coefficient (Wildman–Crippen LogP) is 1.44. The van der Waals surface area contributed by atoms with Crippen molar-refractivity contribution in [2.75, 3.05) is 13.2 Å². The summed E-state index contributed by atoms with van der Waals surface area (Å²) < 4.78 is 5.81. The first-order valence-corrected chi connectivity index (χ1v) is 6.77. The maximum absolute atomic E-state index is 11.2. The Bertz CT molecular complexity index is 233. The van der Waals surface area contributed by atoms with Crippen molar-refractivity contribution in [3.05, 3.63) is 0 Å². The highest BCUT2D eigenvalue weighted by atomic mass is 16.5. The van der Waals surface area contributed by atoms with Gasteiger partial charge in [0.1, 0.15) is 6.04 Å². The van der Waals surface area contributed by atoms with E-state index in [1.165, 1.54) is 12.8 Å². The summed E-state index contributed by atoms with van der Waals surface area (Å²) >= 11 is 0. The molecule has 3 unspecified atom stereocenters. The Balaban J connectivity index is 2.27. The van der Waals surface area contributed by atoms with E-state index in [0.717, 1.165) is 31.7 Å². The molecule has 0 aromatic carbocycles. The number of hydrogen-bond donors (Lipinski definition) is 2. The minimum absolute atomic E-state index is 0.309. The molecule has 0 saturated heterocycles. The Kier molecular flexibility index (Phi) is 6.52. The molecule has 100 valence electrons. The summed E-state index contributed by atoms with van der Waals surface area (Å²) in [5, 5.41) is 3.12. The number of nitrogens with two attached hydrogens (primary N) is 1. The number of rotatable bonds is 7. The van der Waals surface area contributed by atoms with Gasteiger partial charge in [0.15, 0.2) is 0 Å². The zero-order chi connectivity index (χ0) is 12.7. The third kappa shape index (κ3) is 5.50. The molecular formula is C13H26N2O2. The molecule has 17 heavy (non-hydrogen) atoms. The molecule has 0 heterocycles. The molecule has 0 aliphatic heterocycles. The van der Waals surface area contributed by atoms with Crippen LogP contribution in [-0.2, 0) is 9.53 Å². The fraction of sp³-hybridized carbons (Fsp3) is 0.923. The molecule has 0 spiro atoms. The van der Waals surface area contributed by atoms with Crippen LogP contribution in [0.15, 0.2) is 0 Å². The Hall–Kier alpha value is -0.610. The minimum atomic E-state index is -0.341. The molecule has 1 aliphatic rings. The molecule has 1 amide bonds. The standard InChI is InChI=1S/C13H26N2O2/c1-3-7-15-12(13(14)16)9-17-11-6-4-5-10(2)8-11/h10-12,15H,3-9H2,1-2H3,(H2,14,16). The lowest BCUT2D eigenvalue weighted by Crippen LogP contribution is -2.45. The number of hydrogen-bond acceptors (Lipinski definition) is 3. The van der Waals surface area contributed by atoms with E-state index in [4.69, 9.17) is 10.5 Å². The first kappa shape index (κ1) is 14.5. The van der Waals surface area contributed by atoms with Gasteiger partial charge < -0.3 is 15.8 Å². The van der Waals surface area contributed by atoms with Gasteiger partial charge in [-0.15, -0.1) is 0 Å². The van der Waals surface area contributed by atoms with Gasteiger partial charge in [-0.1, -0.05) is 26.7 Å². The maximum Gasteiger partial charge on any atom is 0.236 e. The summed E-state index contributed by atoms with van der Waals surface area (Å²) in [5.74, 6) is 0.423. The Morgan fingerprint density at radius 3 is 2.88 bits per heavy atom. The van der Waals surface area contributed by atoms with Crippen molar-refractivity contribution < 1.29 is 9.53 Å². The van der Waals surface area contributed by atoms with E-state index in [1.54, 1.807) is 0 Å². The fourth-order valence-corrected chi connectivity index (χ4v) is 2.32. The van der Waals surface area contributed by atoms with E-state index >= 15 is 0 Å². The summed E-state index contributed by atoms with van der Waals surface area (Å²) in [5.41, 5.74) is 5.34. The number of carbonyl (C=O) groups excluding carboxylic acids is 1. The molecule has 4 nitrogen and oxygen atoms in total. The van der Waals surface area contributed by atoms with Crippen LogP contribution in [0.1, 0.15) is 46.0 Å². The molecule has 1 aliphatic carbocycles. The second kappa shape index (κ2) is 7.67. The van der Waals surface area contributed by atoms with Crippen molar-refractivity contribution in [3.63, 3.8) is 0 Å². The molecule has 0 aromatic heterocycles. The highest BCUT2D eigenvalue weighted by Gasteiger charge is 2.22. The third-order valence-corrected chi connectivity index (χ3v) is 3.37. The van der Waals surface area contributed by atoms with Crippen LogP contribution in [0.4, 0.5) is 0 Å². The Morgan fingerprint density at radius 2 is 2.29 bits per heavy atom. The molecule has 0 aromatic rings. The quantitative estimate of drug-likeness (QED) is 0.710. The molecule has 1 rings (SSSR count). The topological polar surface area (TPSA) is 64.3 Å². The molecule has 4 heteroatoms. The van der Waals surface area contributed by atoms with Crippen molar-refractivity contribution in [2.24, 2.45) is 11.7 Å². The first-order chi connectivity index (χ1) is 8.13. The summed E-state index contributed by atoms with van der Waals surface area (Å²) in [7, 11) is 0. The second-order valence-electron chi connectivity index (χ2n) is 5.14. The lowest BCUT2D eigenvalue weighted by atomic mass is 9.89. The van der Waals surface area contributed by atoms with Crippen molar-refractivity contribution in [3.8, 4) is 0 Å². The van der Waals surface area contributed by atoms with Gasteiger partial charge in [-0.3, -0.25) is 4.79 Å². The molecule has 0 bridgehead atoms. The highest BCUT2D eigenvalue weighted by molar-refractivity contribution is 5.79. The average Bonchev–Trinajstić information content (AvgIpc) is 2.28. The van der Waals surface area contributed by atoms with Gasteiger partial charge >= 0.3 is 0 Å². The summed E-state index contributed by atoms with van der Waals surface area (Å²) in [6.07, 6.45) is 6.06. The van der Waals surface area contributed by atoms with Crippen LogP contribution in [0.2, 0.25) is 0 Å². The van der Waals surface area contributed by atoms with Gasteiger partial charge in [-0.25, -0.2) is 0 Å². The smallest absolute Gasteiger partial charge is 0.236 e. The largest absolute Gasteiger partial charge is 0.376 e. The van der Waals surface area contributed by atoms with Crippen molar-refractivity contribution in [2.45, 2.75) is 58.1 Å². The monoisotopic (exact) mass is 242 g/mol. The zero-order valence-electron chi connectivity index (χ0n) is 11.1. The van der Waals surface area contributed by atoms with E-state index in [9.17, 15) is 4.79 Å². The molecule has 1 fully saturated rings. The number of carbonyl (C=O) groups is 1. The van der Waals surface area contributed by atoms with Gasteiger partial charge in [0.2, 0.25) is 5.91 Å². The summed E-state index contributed by atoms with van der Waals surface area (Å²) in [4.78, 5) is 11.2. The van der Waals surface area contributed by atoms with Crippen LogP contribution < -0.4 is 11.1 Å². The maximum atomic E-state index is 11.2. The Labute approximate surface area is 104 Å². The van der Waals surface area contributed by atoms with Crippen molar-refractivity contribution in [1.82, 2.24) is 5.32 Å². The van der Waals surface area contributed by atoms with Gasteiger partial charge in [0, 0.05) is 0 Å². The highest BCUT2D eigenvalue weighted by Crippen LogP contribution is 2.25. The second-order valence-corrected chi connectivity index (χ2v) is 5.14. The predicted molar refractivity (Wildman–Crippen MR) is 68.6 cm³/mol. The summed E-state index contributed by atoms with van der Waals surface area (Å²) in [6, 6.07) is -0.341. The molecule has 3 N–H and O–H groups in total. The Morgan fingerprint density at radius 1 is 1.53 bits per heavy atom. The average molecular weight is 242 g/mol. The van der Waals surface area contributed by atoms with E-state index in [-0.39, 0.29) is 11.9 Å². The SMILES string of the molecule is CCCNC(COC1CCCC(C)C1)C(N)=O. The molecule has 1 saturated carbocycles. The van der Waals surface area contributed by atoms with Crippen LogP contribution in [0.5, 0.6) is 0 Å². The van der Waals surface area contributed by atoms with Crippen molar-refractivity contribution in [1.29, 1.82) is 0 Å². The molecule has 3 atom stereocenters. The van der Waals surface area contributed by atoms with Crippen LogP contribution in [0, 0.1) is 5.92 Å². The number of primary amides is 1. The number of ether oxygens (including phenoxy) is 1. The van der Waals surface area contributed by atoms with Crippen LogP contribution in [0.3, 0.4) is 0 Å². The van der Waals surface area contributed by atoms with E-state index in [1.807, 2.05) is 0 Å². The van der Waals surface area contributed by atoms with Gasteiger partial charge in [0.05, 0.1) is 12.7 Å². The number of amides is 1. The first-order valence-electron chi connectivity index (χ1n) is 6.77. The van der Waals surface area contributed by atoms with Crippen LogP contribution >= 0.6 is 0 Å². The van der Waals surface area contributed by atoms with Gasteiger partial charge in [0.25, 0.3) is 0 Å². The lowest BCUT2D eigenvalue weighted by Gasteiger charge is -2.28. The lowest BCUT2D eigenvalue weighted by molar-refractivity contribution is -0.122. The molecule has 0 radical (unpaired) electrons.